The van der Waals surface area contributed by atoms with E-state index in [1.807, 2.05) is 6.92 Å². The Kier molecular flexibility index (Phi) is 7.97. The molecule has 0 spiro atoms. The number of nitrogens with one attached hydrogen (secondary N) is 2. The van der Waals surface area contributed by atoms with Crippen molar-refractivity contribution in [3.8, 4) is 0 Å². The summed E-state index contributed by atoms with van der Waals surface area (Å²) in [5.41, 5.74) is 0. The van der Waals surface area contributed by atoms with E-state index < -0.39 is 0 Å². The molecule has 1 unspecified atom stereocenters. The van der Waals surface area contributed by atoms with Crippen LogP contribution in [0.2, 0.25) is 0 Å². The molecule has 0 fully saturated rings. The molecule has 0 aromatic carbocycles. The van der Waals surface area contributed by atoms with Crippen molar-refractivity contribution in [1.82, 2.24) is 10.6 Å². The van der Waals surface area contributed by atoms with Gasteiger partial charge >= 0.3 is 0 Å². The van der Waals surface area contributed by atoms with Crippen LogP contribution in [-0.2, 0) is 9.47 Å². The molecule has 0 saturated heterocycles. The predicted molar refractivity (Wildman–Crippen MR) is 57.0 cm³/mol. The zero-order valence-electron chi connectivity index (χ0n) is 8.42. The maximum Gasteiger partial charge on any atom is 0.166 e. The van der Waals surface area contributed by atoms with E-state index in [-0.39, 0.29) is 6.10 Å². The van der Waals surface area contributed by atoms with Crippen molar-refractivity contribution in [2.75, 3.05) is 33.9 Å². The molecule has 0 bridgehead atoms. The summed E-state index contributed by atoms with van der Waals surface area (Å²) >= 11 is 5.00. The highest BCUT2D eigenvalue weighted by atomic mass is 32.1. The Morgan fingerprint density at radius 2 is 2.08 bits per heavy atom. The molecule has 1 atom stereocenters. The number of methoxy groups -OCH3 is 2. The Morgan fingerprint density at radius 3 is 2.62 bits per heavy atom. The molecular weight excluding hydrogens is 188 g/mol. The predicted octanol–water partition coefficient (Wildman–Crippen LogP) is 0.132. The van der Waals surface area contributed by atoms with Gasteiger partial charge in [-0.25, -0.2) is 0 Å². The molecule has 0 radical (unpaired) electrons. The summed E-state index contributed by atoms with van der Waals surface area (Å²) in [4.78, 5) is 0. The highest BCUT2D eigenvalue weighted by Gasteiger charge is 1.99. The van der Waals surface area contributed by atoms with E-state index in [1.54, 1.807) is 14.2 Å². The molecule has 0 aromatic rings. The molecule has 0 saturated carbocycles. The zero-order valence-corrected chi connectivity index (χ0v) is 9.24. The van der Waals surface area contributed by atoms with Gasteiger partial charge in [-0.05, 0) is 19.1 Å². The maximum absolute atomic E-state index is 5.05. The lowest BCUT2D eigenvalue weighted by atomic mass is 10.4. The molecule has 0 amide bonds. The van der Waals surface area contributed by atoms with E-state index in [4.69, 9.17) is 21.7 Å². The average Bonchev–Trinajstić information content (AvgIpc) is 2.14. The second-order valence-electron chi connectivity index (χ2n) is 2.68. The van der Waals surface area contributed by atoms with Crippen LogP contribution in [0, 0.1) is 0 Å². The summed E-state index contributed by atoms with van der Waals surface area (Å²) in [6.45, 7) is 4.07. The van der Waals surface area contributed by atoms with Gasteiger partial charge in [0.25, 0.3) is 0 Å². The van der Waals surface area contributed by atoms with Crippen molar-refractivity contribution in [3.63, 3.8) is 0 Å². The summed E-state index contributed by atoms with van der Waals surface area (Å²) in [5, 5.41) is 6.67. The van der Waals surface area contributed by atoms with Gasteiger partial charge in [-0.15, -0.1) is 0 Å². The number of hydrogen-bond acceptors (Lipinski definition) is 3. The summed E-state index contributed by atoms with van der Waals surface area (Å²) in [6, 6.07) is 0. The topological polar surface area (TPSA) is 42.5 Å². The lowest BCUT2D eigenvalue weighted by molar-refractivity contribution is 0.121. The highest BCUT2D eigenvalue weighted by Crippen LogP contribution is 1.83. The summed E-state index contributed by atoms with van der Waals surface area (Å²) in [5.74, 6) is 0. The Hall–Kier alpha value is -0.390. The van der Waals surface area contributed by atoms with Crippen molar-refractivity contribution >= 4 is 17.3 Å². The van der Waals surface area contributed by atoms with E-state index in [0.717, 1.165) is 13.1 Å². The van der Waals surface area contributed by atoms with Gasteiger partial charge in [0.15, 0.2) is 5.11 Å². The minimum absolute atomic E-state index is 0.169. The maximum atomic E-state index is 5.05. The minimum Gasteiger partial charge on any atom is -0.383 e. The lowest BCUT2D eigenvalue weighted by Gasteiger charge is -2.13. The number of hydrogen-bond donors (Lipinski definition) is 2. The van der Waals surface area contributed by atoms with E-state index >= 15 is 0 Å². The van der Waals surface area contributed by atoms with Gasteiger partial charge < -0.3 is 20.1 Å². The number of ether oxygens (including phenoxy) is 2. The molecule has 78 valence electrons. The van der Waals surface area contributed by atoms with Gasteiger partial charge in [0, 0.05) is 27.3 Å². The van der Waals surface area contributed by atoms with Gasteiger partial charge in [-0.2, -0.15) is 0 Å². The first-order chi connectivity index (χ1) is 6.20. The molecule has 0 aliphatic carbocycles. The SMILES string of the molecule is COCCNC(=S)NCC(C)OC. The molecular formula is C8H18N2O2S. The molecule has 0 rings (SSSR count). The monoisotopic (exact) mass is 206 g/mol. The van der Waals surface area contributed by atoms with E-state index in [0.29, 0.717) is 11.7 Å². The third-order valence-electron chi connectivity index (χ3n) is 1.54. The molecule has 4 nitrogen and oxygen atoms in total. The molecule has 13 heavy (non-hydrogen) atoms. The van der Waals surface area contributed by atoms with Crippen LogP contribution in [0.25, 0.3) is 0 Å². The molecule has 2 N–H and O–H groups in total. The largest absolute Gasteiger partial charge is 0.383 e. The Morgan fingerprint density at radius 1 is 1.38 bits per heavy atom. The van der Waals surface area contributed by atoms with Crippen LogP contribution in [0.5, 0.6) is 0 Å². The van der Waals surface area contributed by atoms with Gasteiger partial charge in [0.1, 0.15) is 0 Å². The Balaban J connectivity index is 3.30. The van der Waals surface area contributed by atoms with Gasteiger partial charge in [-0.3, -0.25) is 0 Å². The van der Waals surface area contributed by atoms with Crippen molar-refractivity contribution in [1.29, 1.82) is 0 Å². The van der Waals surface area contributed by atoms with E-state index in [9.17, 15) is 0 Å². The Bertz CT molecular complexity index is 144. The van der Waals surface area contributed by atoms with Crippen LogP contribution in [0.15, 0.2) is 0 Å². The lowest BCUT2D eigenvalue weighted by Crippen LogP contribution is -2.40. The van der Waals surface area contributed by atoms with Crippen LogP contribution in [-0.4, -0.2) is 45.1 Å². The summed E-state index contributed by atoms with van der Waals surface area (Å²) < 4.78 is 9.92. The van der Waals surface area contributed by atoms with Gasteiger partial charge in [0.05, 0.1) is 12.7 Å². The molecule has 0 aliphatic heterocycles. The van der Waals surface area contributed by atoms with E-state index in [2.05, 4.69) is 10.6 Å². The van der Waals surface area contributed by atoms with Crippen LogP contribution in [0.3, 0.4) is 0 Å². The summed E-state index contributed by atoms with van der Waals surface area (Å²) in [6.07, 6.45) is 0.169. The van der Waals surface area contributed by atoms with Gasteiger partial charge in [-0.1, -0.05) is 0 Å². The quantitative estimate of drug-likeness (QED) is 0.478. The average molecular weight is 206 g/mol. The van der Waals surface area contributed by atoms with Crippen LogP contribution in [0.1, 0.15) is 6.92 Å². The fraction of sp³-hybridized carbons (Fsp3) is 0.875. The molecule has 0 aromatic heterocycles. The minimum atomic E-state index is 0.169. The van der Waals surface area contributed by atoms with Crippen molar-refractivity contribution in [2.24, 2.45) is 0 Å². The summed E-state index contributed by atoms with van der Waals surface area (Å²) in [7, 11) is 3.33. The third-order valence-corrected chi connectivity index (χ3v) is 1.83. The first kappa shape index (κ1) is 12.6. The van der Waals surface area contributed by atoms with Crippen molar-refractivity contribution < 1.29 is 9.47 Å². The highest BCUT2D eigenvalue weighted by molar-refractivity contribution is 7.80. The van der Waals surface area contributed by atoms with Crippen LogP contribution in [0.4, 0.5) is 0 Å². The first-order valence-electron chi connectivity index (χ1n) is 4.24. The van der Waals surface area contributed by atoms with Crippen molar-refractivity contribution in [2.45, 2.75) is 13.0 Å². The fourth-order valence-corrected chi connectivity index (χ4v) is 0.834. The second kappa shape index (κ2) is 8.22. The smallest absolute Gasteiger partial charge is 0.166 e. The van der Waals surface area contributed by atoms with Gasteiger partial charge in [0.2, 0.25) is 0 Å². The first-order valence-corrected chi connectivity index (χ1v) is 4.65. The number of rotatable bonds is 6. The Labute approximate surface area is 85.0 Å². The normalized spacial score (nSPS) is 12.2. The zero-order chi connectivity index (χ0) is 10.1. The van der Waals surface area contributed by atoms with Crippen LogP contribution >= 0.6 is 12.2 Å². The van der Waals surface area contributed by atoms with E-state index in [1.165, 1.54) is 0 Å². The van der Waals surface area contributed by atoms with Crippen molar-refractivity contribution in [3.05, 3.63) is 0 Å². The molecule has 0 aliphatic rings. The molecule has 0 heterocycles. The molecule has 5 heteroatoms. The third kappa shape index (κ3) is 7.95. The van der Waals surface area contributed by atoms with Crippen LogP contribution < -0.4 is 10.6 Å². The standard InChI is InChI=1S/C8H18N2O2S/c1-7(12-3)6-10-8(13)9-4-5-11-2/h7H,4-6H2,1-3H3,(H2,9,10,13). The number of thiocarbonyl (C=S) groups is 1. The fourth-order valence-electron chi connectivity index (χ4n) is 0.649. The second-order valence-corrected chi connectivity index (χ2v) is 3.08.